The number of nitrogens with zero attached hydrogens (tertiary/aromatic N) is 1. The lowest BCUT2D eigenvalue weighted by Gasteiger charge is -2.18. The summed E-state index contributed by atoms with van der Waals surface area (Å²) in [7, 11) is 0. The van der Waals surface area contributed by atoms with E-state index in [1.54, 1.807) is 36.4 Å². The predicted octanol–water partition coefficient (Wildman–Crippen LogP) is 4.62. The summed E-state index contributed by atoms with van der Waals surface area (Å²) in [6.07, 6.45) is 0.625. The molecule has 0 unspecified atom stereocenters. The average molecular weight is 518 g/mol. The molecule has 0 aliphatic carbocycles. The third-order valence-electron chi connectivity index (χ3n) is 5.52. The fourth-order valence-electron chi connectivity index (χ4n) is 3.71. The van der Waals surface area contributed by atoms with Crippen molar-refractivity contribution in [1.29, 1.82) is 0 Å². The van der Waals surface area contributed by atoms with Crippen LogP contribution in [0.4, 0.5) is 11.4 Å². The Balaban J connectivity index is 1.52. The quantitative estimate of drug-likeness (QED) is 0.317. The van der Waals surface area contributed by atoms with Crippen LogP contribution in [-0.2, 0) is 20.9 Å². The zero-order chi connectivity index (χ0) is 26.4. The first kappa shape index (κ1) is 25.7. The van der Waals surface area contributed by atoms with Gasteiger partial charge in [0.2, 0.25) is 0 Å². The van der Waals surface area contributed by atoms with E-state index in [1.807, 2.05) is 37.3 Å². The van der Waals surface area contributed by atoms with E-state index >= 15 is 0 Å². The summed E-state index contributed by atoms with van der Waals surface area (Å²) in [6.45, 7) is 2.42. The summed E-state index contributed by atoms with van der Waals surface area (Å²) in [5, 5.41) is 5.37. The second-order valence-corrected chi connectivity index (χ2v) is 8.54. The molecule has 1 heterocycles. The molecule has 0 bridgehead atoms. The van der Waals surface area contributed by atoms with Crippen molar-refractivity contribution in [3.05, 3.63) is 106 Å². The van der Waals surface area contributed by atoms with Crippen molar-refractivity contribution < 1.29 is 23.9 Å². The Bertz CT molecular complexity index is 1390. The number of esters is 1. The maximum atomic E-state index is 13.3. The smallest absolute Gasteiger partial charge is 0.340 e. The van der Waals surface area contributed by atoms with Gasteiger partial charge in [0.25, 0.3) is 17.7 Å². The highest BCUT2D eigenvalue weighted by molar-refractivity contribution is 6.53. The predicted molar refractivity (Wildman–Crippen MR) is 140 cm³/mol. The van der Waals surface area contributed by atoms with Crippen molar-refractivity contribution >= 4 is 46.7 Å². The third-order valence-corrected chi connectivity index (χ3v) is 5.87. The number of anilines is 2. The topological polar surface area (TPSA) is 105 Å². The molecule has 0 saturated carbocycles. The van der Waals surface area contributed by atoms with Gasteiger partial charge in [0.05, 0.1) is 17.9 Å². The maximum Gasteiger partial charge on any atom is 0.340 e. The van der Waals surface area contributed by atoms with Gasteiger partial charge in [0, 0.05) is 17.8 Å². The molecule has 1 aliphatic heterocycles. The standard InChI is InChI=1S/C28H24ClN3O5/c1-2-15-37-28(36)21-13-6-7-14-22(21)32-26(34)23(29)24(27(32)35)31-20-12-8-11-19(16-20)25(33)30-17-18-9-4-3-5-10-18/h3-14,16,31H,2,15,17H2,1H3,(H,30,33). The van der Waals surface area contributed by atoms with E-state index in [0.29, 0.717) is 24.2 Å². The minimum atomic E-state index is -0.776. The zero-order valence-electron chi connectivity index (χ0n) is 20.0. The molecule has 3 aromatic carbocycles. The van der Waals surface area contributed by atoms with E-state index in [9.17, 15) is 19.2 Å². The van der Waals surface area contributed by atoms with Gasteiger partial charge in [0.15, 0.2) is 0 Å². The van der Waals surface area contributed by atoms with Gasteiger partial charge in [-0.25, -0.2) is 9.69 Å². The molecule has 0 spiro atoms. The molecule has 1 aliphatic rings. The van der Waals surface area contributed by atoms with Crippen molar-refractivity contribution in [2.75, 3.05) is 16.8 Å². The van der Waals surface area contributed by atoms with Crippen LogP contribution in [-0.4, -0.2) is 30.3 Å². The Labute approximate surface area is 218 Å². The van der Waals surface area contributed by atoms with Crippen molar-refractivity contribution in [3.63, 3.8) is 0 Å². The first-order valence-electron chi connectivity index (χ1n) is 11.6. The van der Waals surface area contributed by atoms with Gasteiger partial charge in [0.1, 0.15) is 10.7 Å². The highest BCUT2D eigenvalue weighted by atomic mass is 35.5. The molecule has 9 heteroatoms. The fraction of sp³-hybridized carbons (Fsp3) is 0.143. The highest BCUT2D eigenvalue weighted by Crippen LogP contribution is 2.32. The summed E-state index contributed by atoms with van der Waals surface area (Å²) in [5.74, 6) is -2.46. The van der Waals surface area contributed by atoms with Crippen LogP contribution in [0.5, 0.6) is 0 Å². The Morgan fingerprint density at radius 2 is 1.65 bits per heavy atom. The first-order chi connectivity index (χ1) is 17.9. The number of amides is 3. The molecular weight excluding hydrogens is 494 g/mol. The first-order valence-corrected chi connectivity index (χ1v) is 12.0. The van der Waals surface area contributed by atoms with Crippen LogP contribution < -0.4 is 15.5 Å². The van der Waals surface area contributed by atoms with Crippen LogP contribution in [0.25, 0.3) is 0 Å². The van der Waals surface area contributed by atoms with Gasteiger partial charge in [-0.3, -0.25) is 14.4 Å². The number of para-hydroxylation sites is 1. The Morgan fingerprint density at radius 3 is 2.41 bits per heavy atom. The van der Waals surface area contributed by atoms with Gasteiger partial charge in [-0.1, -0.05) is 67.1 Å². The molecule has 4 rings (SSSR count). The third kappa shape index (κ3) is 5.70. The maximum absolute atomic E-state index is 13.3. The Hall–Kier alpha value is -4.43. The zero-order valence-corrected chi connectivity index (χ0v) is 20.7. The van der Waals surface area contributed by atoms with Crippen molar-refractivity contribution in [1.82, 2.24) is 5.32 Å². The number of halogens is 1. The number of rotatable bonds is 9. The van der Waals surface area contributed by atoms with E-state index in [4.69, 9.17) is 16.3 Å². The van der Waals surface area contributed by atoms with Crippen LogP contribution in [0.15, 0.2) is 89.6 Å². The van der Waals surface area contributed by atoms with Gasteiger partial charge in [-0.15, -0.1) is 0 Å². The lowest BCUT2D eigenvalue weighted by Crippen LogP contribution is -2.33. The van der Waals surface area contributed by atoms with Crippen LogP contribution >= 0.6 is 11.6 Å². The minimum absolute atomic E-state index is 0.0699. The summed E-state index contributed by atoms with van der Waals surface area (Å²) >= 11 is 6.26. The summed E-state index contributed by atoms with van der Waals surface area (Å²) in [5.41, 5.74) is 1.68. The largest absolute Gasteiger partial charge is 0.462 e. The SMILES string of the molecule is CCCOC(=O)c1ccccc1N1C(=O)C(Cl)=C(Nc2cccc(C(=O)NCc3ccccc3)c2)C1=O. The van der Waals surface area contributed by atoms with Crippen LogP contribution in [0, 0.1) is 0 Å². The van der Waals surface area contributed by atoms with Crippen LogP contribution in [0.3, 0.4) is 0 Å². The molecule has 0 saturated heterocycles. The summed E-state index contributed by atoms with van der Waals surface area (Å²) in [6, 6.07) is 22.1. The molecule has 0 radical (unpaired) electrons. The molecule has 0 fully saturated rings. The van der Waals surface area contributed by atoms with Crippen molar-refractivity contribution in [2.24, 2.45) is 0 Å². The van der Waals surface area contributed by atoms with Crippen LogP contribution in [0.1, 0.15) is 39.6 Å². The number of carbonyl (C=O) groups is 4. The lowest BCUT2D eigenvalue weighted by molar-refractivity contribution is -0.120. The molecule has 3 amide bonds. The average Bonchev–Trinajstić information content (AvgIpc) is 3.13. The second-order valence-electron chi connectivity index (χ2n) is 8.16. The van der Waals surface area contributed by atoms with Gasteiger partial charge in [-0.05, 0) is 42.3 Å². The molecule has 2 N–H and O–H groups in total. The monoisotopic (exact) mass is 517 g/mol. The number of nitrogens with one attached hydrogen (secondary N) is 2. The number of hydrogen-bond acceptors (Lipinski definition) is 6. The molecule has 0 atom stereocenters. The normalized spacial score (nSPS) is 13.1. The summed E-state index contributed by atoms with van der Waals surface area (Å²) in [4.78, 5) is 52.2. The molecule has 3 aromatic rings. The Kier molecular flexibility index (Phi) is 8.00. The number of benzene rings is 3. The molecule has 0 aromatic heterocycles. The van der Waals surface area contributed by atoms with E-state index in [-0.39, 0.29) is 34.5 Å². The van der Waals surface area contributed by atoms with Gasteiger partial charge in [-0.2, -0.15) is 0 Å². The minimum Gasteiger partial charge on any atom is -0.462 e. The van der Waals surface area contributed by atoms with E-state index in [1.165, 1.54) is 12.1 Å². The van der Waals surface area contributed by atoms with Crippen LogP contribution in [0.2, 0.25) is 0 Å². The number of carbonyl (C=O) groups excluding carboxylic acids is 4. The second kappa shape index (κ2) is 11.5. The molecule has 8 nitrogen and oxygen atoms in total. The number of ether oxygens (including phenoxy) is 1. The summed E-state index contributed by atoms with van der Waals surface area (Å²) < 4.78 is 5.19. The number of imide groups is 1. The molecule has 37 heavy (non-hydrogen) atoms. The van der Waals surface area contributed by atoms with E-state index < -0.39 is 17.8 Å². The Morgan fingerprint density at radius 1 is 0.919 bits per heavy atom. The van der Waals surface area contributed by atoms with E-state index in [0.717, 1.165) is 10.5 Å². The lowest BCUT2D eigenvalue weighted by atomic mass is 10.1. The molecular formula is C28H24ClN3O5. The van der Waals surface area contributed by atoms with E-state index in [2.05, 4.69) is 10.6 Å². The van der Waals surface area contributed by atoms with Gasteiger partial charge < -0.3 is 15.4 Å². The fourth-order valence-corrected chi connectivity index (χ4v) is 3.92. The van der Waals surface area contributed by atoms with Gasteiger partial charge >= 0.3 is 5.97 Å². The molecule has 188 valence electrons. The van der Waals surface area contributed by atoms with Crippen molar-refractivity contribution in [3.8, 4) is 0 Å². The highest BCUT2D eigenvalue weighted by Gasteiger charge is 2.40. The number of hydrogen-bond donors (Lipinski definition) is 2. The van der Waals surface area contributed by atoms with Crippen molar-refractivity contribution in [2.45, 2.75) is 19.9 Å².